The first-order valence-electron chi connectivity index (χ1n) is 14.3. The Balaban J connectivity index is 1.36. The van der Waals surface area contributed by atoms with Crippen molar-refractivity contribution < 1.29 is 8.83 Å². The van der Waals surface area contributed by atoms with E-state index in [1.54, 1.807) is 6.26 Å². The van der Waals surface area contributed by atoms with Crippen LogP contribution in [0.25, 0.3) is 87.8 Å². The Hall–Kier alpha value is -5.60. The molecule has 2 heterocycles. The van der Waals surface area contributed by atoms with Crippen molar-refractivity contribution in [3.8, 4) is 33.4 Å². The fourth-order valence-electron chi connectivity index (χ4n) is 6.71. The van der Waals surface area contributed by atoms with Gasteiger partial charge in [-0.05, 0) is 73.1 Å². The van der Waals surface area contributed by atoms with Gasteiger partial charge < -0.3 is 8.83 Å². The van der Waals surface area contributed by atoms with Crippen LogP contribution >= 0.6 is 0 Å². The first-order valence-corrected chi connectivity index (χ1v) is 14.3. The summed E-state index contributed by atoms with van der Waals surface area (Å²) in [6.07, 6.45) is 1.73. The maximum Gasteiger partial charge on any atom is 0.178 e. The zero-order valence-electron chi connectivity index (χ0n) is 22.7. The fourth-order valence-corrected chi connectivity index (χ4v) is 6.71. The lowest BCUT2D eigenvalue weighted by Crippen LogP contribution is -1.91. The van der Waals surface area contributed by atoms with Gasteiger partial charge in [0.2, 0.25) is 0 Å². The molecule has 0 aliphatic rings. The van der Waals surface area contributed by atoms with Crippen molar-refractivity contribution in [1.82, 2.24) is 0 Å². The average Bonchev–Trinajstić information content (AvgIpc) is 3.69. The molecule has 0 fully saturated rings. The van der Waals surface area contributed by atoms with Gasteiger partial charge in [0, 0.05) is 16.2 Å². The molecule has 2 aromatic heterocycles. The minimum Gasteiger partial charge on any atom is -0.460 e. The molecule has 0 bridgehead atoms. The third-order valence-electron chi connectivity index (χ3n) is 8.57. The molecule has 9 rings (SSSR count). The summed E-state index contributed by atoms with van der Waals surface area (Å²) in [5, 5.41) is 8.13. The van der Waals surface area contributed by atoms with Crippen LogP contribution in [0, 0.1) is 0 Å². The van der Waals surface area contributed by atoms with E-state index in [-0.39, 0.29) is 0 Å². The van der Waals surface area contributed by atoms with E-state index in [1.165, 1.54) is 49.4 Å². The van der Waals surface area contributed by atoms with Crippen LogP contribution in [-0.4, -0.2) is 0 Å². The predicted octanol–water partition coefficient (Wildman–Crippen LogP) is 11.6. The molecule has 0 aliphatic carbocycles. The minimum absolute atomic E-state index is 0.790. The van der Waals surface area contributed by atoms with Crippen molar-refractivity contribution in [1.29, 1.82) is 0 Å². The van der Waals surface area contributed by atoms with Gasteiger partial charge in [0.15, 0.2) is 11.2 Å². The number of benzene rings is 7. The van der Waals surface area contributed by atoms with E-state index in [4.69, 9.17) is 8.83 Å². The zero-order valence-corrected chi connectivity index (χ0v) is 22.7. The summed E-state index contributed by atoms with van der Waals surface area (Å²) in [7, 11) is 0. The molecule has 0 N–H and O–H groups in total. The topological polar surface area (TPSA) is 26.3 Å². The van der Waals surface area contributed by atoms with Crippen LogP contribution in [0.3, 0.4) is 0 Å². The summed E-state index contributed by atoms with van der Waals surface area (Å²) >= 11 is 0. The Bertz CT molecular complexity index is 2380. The molecular formula is C40H24O2. The highest BCUT2D eigenvalue weighted by atomic mass is 16.4. The molecule has 0 amide bonds. The van der Waals surface area contributed by atoms with Crippen LogP contribution in [-0.2, 0) is 0 Å². The lowest BCUT2D eigenvalue weighted by atomic mass is 9.84. The van der Waals surface area contributed by atoms with Gasteiger partial charge in [0.05, 0.1) is 6.26 Å². The molecule has 9 aromatic rings. The van der Waals surface area contributed by atoms with Crippen molar-refractivity contribution in [2.45, 2.75) is 0 Å². The van der Waals surface area contributed by atoms with Gasteiger partial charge in [0.1, 0.15) is 5.58 Å². The van der Waals surface area contributed by atoms with Crippen LogP contribution in [0.1, 0.15) is 0 Å². The Labute approximate surface area is 242 Å². The fraction of sp³-hybridized carbons (Fsp3) is 0. The van der Waals surface area contributed by atoms with Gasteiger partial charge in [-0.3, -0.25) is 0 Å². The van der Waals surface area contributed by atoms with E-state index >= 15 is 0 Å². The van der Waals surface area contributed by atoms with Crippen LogP contribution in [0.4, 0.5) is 0 Å². The predicted molar refractivity (Wildman–Crippen MR) is 175 cm³/mol. The highest BCUT2D eigenvalue weighted by Gasteiger charge is 2.21. The zero-order chi connectivity index (χ0) is 27.6. The van der Waals surface area contributed by atoms with E-state index in [0.29, 0.717) is 0 Å². The molecule has 0 radical (unpaired) electrons. The van der Waals surface area contributed by atoms with E-state index in [2.05, 4.69) is 133 Å². The highest BCUT2D eigenvalue weighted by molar-refractivity contribution is 6.26. The molecule has 0 aliphatic heterocycles. The molecule has 196 valence electrons. The average molecular weight is 537 g/mol. The van der Waals surface area contributed by atoms with Crippen molar-refractivity contribution >= 4 is 54.5 Å². The monoisotopic (exact) mass is 536 g/mol. The van der Waals surface area contributed by atoms with Gasteiger partial charge in [-0.25, -0.2) is 0 Å². The normalized spacial score (nSPS) is 11.8. The van der Waals surface area contributed by atoms with Crippen molar-refractivity contribution in [2.24, 2.45) is 0 Å². The Morgan fingerprint density at radius 2 is 1.00 bits per heavy atom. The third-order valence-corrected chi connectivity index (χ3v) is 8.57. The van der Waals surface area contributed by atoms with Gasteiger partial charge in [-0.15, -0.1) is 0 Å². The van der Waals surface area contributed by atoms with Crippen molar-refractivity contribution in [3.05, 3.63) is 146 Å². The number of hydrogen-bond donors (Lipinski definition) is 0. The number of furan rings is 2. The molecule has 7 aromatic carbocycles. The van der Waals surface area contributed by atoms with E-state index < -0.39 is 0 Å². The second-order valence-electron chi connectivity index (χ2n) is 10.8. The van der Waals surface area contributed by atoms with E-state index in [1.807, 2.05) is 6.07 Å². The van der Waals surface area contributed by atoms with Gasteiger partial charge in [-0.2, -0.15) is 0 Å². The standard InChI is InChI=1S/C40H24O2/c1-2-9-25(10-3-1)26-17-19-27(20-18-26)36-29-11-4-6-13-31(29)37(32-14-7-5-12-30(32)36)33-15-8-16-35-38(33)34-22-21-28-23-24-41-39(28)40(34)42-35/h1-24H. The first-order chi connectivity index (χ1) is 20.8. The minimum atomic E-state index is 0.790. The molecule has 0 unspecified atom stereocenters. The van der Waals surface area contributed by atoms with Crippen LogP contribution in [0.2, 0.25) is 0 Å². The molecule has 2 nitrogen and oxygen atoms in total. The summed E-state index contributed by atoms with van der Waals surface area (Å²) < 4.78 is 12.3. The number of fused-ring (bicyclic) bond motifs is 7. The van der Waals surface area contributed by atoms with Gasteiger partial charge >= 0.3 is 0 Å². The molecule has 0 saturated heterocycles. The molecule has 0 saturated carbocycles. The number of rotatable bonds is 3. The third kappa shape index (κ3) is 3.33. The lowest BCUT2D eigenvalue weighted by Gasteiger charge is -2.18. The summed E-state index contributed by atoms with van der Waals surface area (Å²) in [6.45, 7) is 0. The maximum atomic E-state index is 6.46. The lowest BCUT2D eigenvalue weighted by molar-refractivity contribution is 0.600. The van der Waals surface area contributed by atoms with Crippen LogP contribution in [0.15, 0.2) is 155 Å². The SMILES string of the molecule is c1ccc(-c2ccc(-c3c4ccccc4c(-c4cccc5oc6c(ccc7ccoc76)c45)c4ccccc34)cc2)cc1. The van der Waals surface area contributed by atoms with Crippen molar-refractivity contribution in [2.75, 3.05) is 0 Å². The summed E-state index contributed by atoms with van der Waals surface area (Å²) in [4.78, 5) is 0. The molecule has 0 atom stereocenters. The second-order valence-corrected chi connectivity index (χ2v) is 10.8. The smallest absolute Gasteiger partial charge is 0.178 e. The van der Waals surface area contributed by atoms with Crippen molar-refractivity contribution in [3.63, 3.8) is 0 Å². The Morgan fingerprint density at radius 1 is 0.381 bits per heavy atom. The molecular weight excluding hydrogens is 512 g/mol. The molecule has 42 heavy (non-hydrogen) atoms. The highest BCUT2D eigenvalue weighted by Crippen LogP contribution is 2.47. The van der Waals surface area contributed by atoms with Gasteiger partial charge in [-0.1, -0.05) is 121 Å². The number of hydrogen-bond acceptors (Lipinski definition) is 2. The molecule has 0 spiro atoms. The van der Waals surface area contributed by atoms with Crippen LogP contribution < -0.4 is 0 Å². The maximum absolute atomic E-state index is 6.46. The Kier molecular flexibility index (Phi) is 4.93. The summed E-state index contributed by atoms with van der Waals surface area (Å²) in [5.74, 6) is 0. The Morgan fingerprint density at radius 3 is 1.71 bits per heavy atom. The van der Waals surface area contributed by atoms with E-state index in [9.17, 15) is 0 Å². The molecule has 2 heteroatoms. The second kappa shape index (κ2) is 8.95. The quantitative estimate of drug-likeness (QED) is 0.210. The van der Waals surface area contributed by atoms with Gasteiger partial charge in [0.25, 0.3) is 0 Å². The summed E-state index contributed by atoms with van der Waals surface area (Å²) in [6, 6.07) is 49.8. The first kappa shape index (κ1) is 23.1. The van der Waals surface area contributed by atoms with Crippen LogP contribution in [0.5, 0.6) is 0 Å². The summed E-state index contributed by atoms with van der Waals surface area (Å²) in [5.41, 5.74) is 9.73. The largest absolute Gasteiger partial charge is 0.460 e. The van der Waals surface area contributed by atoms with E-state index in [0.717, 1.165) is 38.5 Å².